The van der Waals surface area contributed by atoms with E-state index in [0.29, 0.717) is 17.0 Å². The summed E-state index contributed by atoms with van der Waals surface area (Å²) in [6.07, 6.45) is 1.47. The lowest BCUT2D eigenvalue weighted by molar-refractivity contribution is 0.0470. The van der Waals surface area contributed by atoms with E-state index in [1.54, 1.807) is 13.8 Å². The van der Waals surface area contributed by atoms with Crippen LogP contribution in [0.25, 0.3) is 0 Å². The second-order valence-electron chi connectivity index (χ2n) is 5.65. The van der Waals surface area contributed by atoms with Crippen molar-refractivity contribution in [1.29, 1.82) is 0 Å². The van der Waals surface area contributed by atoms with Crippen LogP contribution in [0.5, 0.6) is 0 Å². The molecule has 1 aliphatic heterocycles. The predicted molar refractivity (Wildman–Crippen MR) is 87.1 cm³/mol. The number of esters is 1. The van der Waals surface area contributed by atoms with Gasteiger partial charge in [-0.3, -0.25) is 14.5 Å². The molecule has 0 fully saturated rings. The number of ether oxygens (including phenoxy) is 1. The van der Waals surface area contributed by atoms with Crippen LogP contribution in [-0.4, -0.2) is 34.4 Å². The lowest BCUT2D eigenvalue weighted by atomic mass is 10.1. The number of imide groups is 1. The highest BCUT2D eigenvalue weighted by Gasteiger charge is 2.35. The van der Waals surface area contributed by atoms with E-state index < -0.39 is 17.8 Å². The summed E-state index contributed by atoms with van der Waals surface area (Å²) >= 11 is 0. The van der Waals surface area contributed by atoms with Crippen LogP contribution >= 0.6 is 0 Å². The van der Waals surface area contributed by atoms with Crippen molar-refractivity contribution in [2.75, 3.05) is 6.54 Å². The zero-order valence-corrected chi connectivity index (χ0v) is 13.9. The molecule has 0 radical (unpaired) electrons. The van der Waals surface area contributed by atoms with Crippen molar-refractivity contribution in [1.82, 2.24) is 10.1 Å². The molecule has 3 rings (SSSR count). The summed E-state index contributed by atoms with van der Waals surface area (Å²) in [6, 6.07) is 4.32. The van der Waals surface area contributed by atoms with Gasteiger partial charge in [-0.15, -0.1) is 6.58 Å². The van der Waals surface area contributed by atoms with Gasteiger partial charge in [0, 0.05) is 6.54 Å². The minimum Gasteiger partial charge on any atom is -0.457 e. The maximum atomic E-state index is 12.3. The van der Waals surface area contributed by atoms with E-state index in [1.807, 2.05) is 0 Å². The second-order valence-corrected chi connectivity index (χ2v) is 5.65. The smallest absolute Gasteiger partial charge is 0.338 e. The Bertz CT molecular complexity index is 877. The summed E-state index contributed by atoms with van der Waals surface area (Å²) in [5, 5.41) is 3.80. The Morgan fingerprint density at radius 1 is 1.28 bits per heavy atom. The molecule has 2 heterocycles. The lowest BCUT2D eigenvalue weighted by Gasteiger charge is -2.09. The molecular weight excluding hydrogens is 324 g/mol. The van der Waals surface area contributed by atoms with E-state index in [2.05, 4.69) is 11.7 Å². The van der Waals surface area contributed by atoms with Gasteiger partial charge in [-0.25, -0.2) is 4.79 Å². The summed E-state index contributed by atoms with van der Waals surface area (Å²) in [7, 11) is 0. The highest BCUT2D eigenvalue weighted by molar-refractivity contribution is 6.22. The first-order chi connectivity index (χ1) is 11.9. The molecule has 0 saturated carbocycles. The van der Waals surface area contributed by atoms with Gasteiger partial charge in [-0.2, -0.15) is 0 Å². The van der Waals surface area contributed by atoms with Gasteiger partial charge >= 0.3 is 5.97 Å². The molecule has 25 heavy (non-hydrogen) atoms. The summed E-state index contributed by atoms with van der Waals surface area (Å²) in [4.78, 5) is 37.8. The molecule has 0 spiro atoms. The lowest BCUT2D eigenvalue weighted by Crippen LogP contribution is -2.29. The Morgan fingerprint density at radius 3 is 2.64 bits per heavy atom. The molecule has 1 aromatic carbocycles. The van der Waals surface area contributed by atoms with E-state index in [4.69, 9.17) is 9.26 Å². The van der Waals surface area contributed by atoms with E-state index in [-0.39, 0.29) is 29.8 Å². The molecule has 1 aliphatic rings. The first-order valence-corrected chi connectivity index (χ1v) is 7.64. The van der Waals surface area contributed by atoms with Crippen LogP contribution in [0.1, 0.15) is 48.1 Å². The molecule has 0 atom stereocenters. The minimum absolute atomic E-state index is 0.0204. The fourth-order valence-corrected chi connectivity index (χ4v) is 2.64. The molecule has 0 unspecified atom stereocenters. The van der Waals surface area contributed by atoms with Gasteiger partial charge in [0.05, 0.1) is 27.9 Å². The van der Waals surface area contributed by atoms with Gasteiger partial charge in [0.2, 0.25) is 0 Å². The Morgan fingerprint density at radius 2 is 2.00 bits per heavy atom. The molecule has 7 nitrogen and oxygen atoms in total. The van der Waals surface area contributed by atoms with Crippen LogP contribution in [0.15, 0.2) is 35.4 Å². The number of aryl methyl sites for hydroxylation is 2. The molecule has 128 valence electrons. The zero-order valence-electron chi connectivity index (χ0n) is 13.9. The molecular formula is C18H16N2O5. The highest BCUT2D eigenvalue weighted by Crippen LogP contribution is 2.24. The summed E-state index contributed by atoms with van der Waals surface area (Å²) in [5.41, 5.74) is 2.03. The SMILES string of the molecule is C=CCN1C(=O)c2ccc(C(=O)OCc3c(C)noc3C)cc2C1=O. The summed E-state index contributed by atoms with van der Waals surface area (Å²) < 4.78 is 10.3. The summed E-state index contributed by atoms with van der Waals surface area (Å²) in [6.45, 7) is 7.17. The topological polar surface area (TPSA) is 89.7 Å². The van der Waals surface area contributed by atoms with Crippen LogP contribution < -0.4 is 0 Å². The minimum atomic E-state index is -0.592. The molecule has 1 aromatic heterocycles. The molecule has 0 saturated heterocycles. The third-order valence-electron chi connectivity index (χ3n) is 4.05. The maximum Gasteiger partial charge on any atom is 0.338 e. The van der Waals surface area contributed by atoms with Gasteiger partial charge in [0.25, 0.3) is 11.8 Å². The monoisotopic (exact) mass is 340 g/mol. The van der Waals surface area contributed by atoms with E-state index in [9.17, 15) is 14.4 Å². The Kier molecular flexibility index (Phi) is 4.22. The van der Waals surface area contributed by atoms with Gasteiger partial charge < -0.3 is 9.26 Å². The van der Waals surface area contributed by atoms with Crippen molar-refractivity contribution < 1.29 is 23.6 Å². The first-order valence-electron chi connectivity index (χ1n) is 7.64. The number of carbonyl (C=O) groups is 3. The number of carbonyl (C=O) groups excluding carboxylic acids is 3. The normalized spacial score (nSPS) is 13.1. The van der Waals surface area contributed by atoms with Crippen LogP contribution in [0.2, 0.25) is 0 Å². The number of hydrogen-bond acceptors (Lipinski definition) is 6. The molecule has 2 amide bonds. The van der Waals surface area contributed by atoms with Crippen molar-refractivity contribution in [2.24, 2.45) is 0 Å². The van der Waals surface area contributed by atoms with E-state index in [0.717, 1.165) is 4.90 Å². The van der Waals surface area contributed by atoms with Gasteiger partial charge in [0.1, 0.15) is 12.4 Å². The first kappa shape index (κ1) is 16.6. The van der Waals surface area contributed by atoms with Gasteiger partial charge in [0.15, 0.2) is 0 Å². The zero-order chi connectivity index (χ0) is 18.1. The van der Waals surface area contributed by atoms with Gasteiger partial charge in [-0.05, 0) is 32.0 Å². The van der Waals surface area contributed by atoms with Gasteiger partial charge in [-0.1, -0.05) is 11.2 Å². The number of amides is 2. The van der Waals surface area contributed by atoms with Crippen LogP contribution in [-0.2, 0) is 11.3 Å². The molecule has 2 aromatic rings. The number of fused-ring (bicyclic) bond motifs is 1. The Balaban J connectivity index is 1.79. The van der Waals surface area contributed by atoms with Crippen molar-refractivity contribution in [3.05, 3.63) is 64.6 Å². The Hall–Kier alpha value is -3.22. The predicted octanol–water partition coefficient (Wildman–Crippen LogP) is 2.43. The van der Waals surface area contributed by atoms with Crippen LogP contribution in [0.3, 0.4) is 0 Å². The number of aromatic nitrogens is 1. The quantitative estimate of drug-likeness (QED) is 0.472. The summed E-state index contributed by atoms with van der Waals surface area (Å²) in [5.74, 6) is -0.846. The third kappa shape index (κ3) is 2.84. The largest absolute Gasteiger partial charge is 0.457 e. The Labute approximate surface area is 143 Å². The van der Waals surface area contributed by atoms with E-state index in [1.165, 1.54) is 24.3 Å². The van der Waals surface area contributed by atoms with Crippen LogP contribution in [0, 0.1) is 13.8 Å². The van der Waals surface area contributed by atoms with Crippen LogP contribution in [0.4, 0.5) is 0 Å². The fraction of sp³-hybridized carbons (Fsp3) is 0.222. The fourth-order valence-electron chi connectivity index (χ4n) is 2.64. The molecule has 0 aliphatic carbocycles. The molecule has 7 heteroatoms. The average Bonchev–Trinajstić information content (AvgIpc) is 3.04. The third-order valence-corrected chi connectivity index (χ3v) is 4.05. The average molecular weight is 340 g/mol. The molecule has 0 N–H and O–H groups in total. The number of benzene rings is 1. The second kappa shape index (κ2) is 6.35. The van der Waals surface area contributed by atoms with Crippen molar-refractivity contribution >= 4 is 17.8 Å². The van der Waals surface area contributed by atoms with Crippen molar-refractivity contribution in [3.63, 3.8) is 0 Å². The van der Waals surface area contributed by atoms with Crippen molar-refractivity contribution in [2.45, 2.75) is 20.5 Å². The van der Waals surface area contributed by atoms with Crippen molar-refractivity contribution in [3.8, 4) is 0 Å². The highest BCUT2D eigenvalue weighted by atomic mass is 16.5. The standard InChI is InChI=1S/C18H16N2O5/c1-4-7-20-16(21)13-6-5-12(8-14(13)17(20)22)18(23)24-9-15-10(2)19-25-11(15)3/h4-6,8H,1,7,9H2,2-3H3. The number of nitrogens with zero attached hydrogens (tertiary/aromatic N) is 2. The maximum absolute atomic E-state index is 12.3. The molecule has 0 bridgehead atoms. The van der Waals surface area contributed by atoms with E-state index >= 15 is 0 Å². The number of rotatable bonds is 5. The number of hydrogen-bond donors (Lipinski definition) is 0.